The van der Waals surface area contributed by atoms with E-state index in [0.717, 1.165) is 29.7 Å². The fourth-order valence-corrected chi connectivity index (χ4v) is 3.53. The number of hydrogen-bond donors (Lipinski definition) is 0. The summed E-state index contributed by atoms with van der Waals surface area (Å²) < 4.78 is 24.8. The van der Waals surface area contributed by atoms with Gasteiger partial charge in [-0.25, -0.2) is 4.39 Å². The number of anilines is 1. The number of rotatable bonds is 7. The first kappa shape index (κ1) is 20.1. The normalized spacial score (nSPS) is 16.3. The molecule has 156 valence electrons. The van der Waals surface area contributed by atoms with E-state index in [1.165, 1.54) is 12.1 Å². The number of benzene rings is 2. The highest BCUT2D eigenvalue weighted by Gasteiger charge is 2.35. The highest BCUT2D eigenvalue weighted by atomic mass is 19.1. The Labute approximate surface area is 174 Å². The number of aromatic nitrogens is 2. The van der Waals surface area contributed by atoms with Gasteiger partial charge in [-0.3, -0.25) is 4.79 Å². The summed E-state index contributed by atoms with van der Waals surface area (Å²) in [5.41, 5.74) is 2.24. The molecule has 0 radical (unpaired) electrons. The van der Waals surface area contributed by atoms with Gasteiger partial charge in [0.05, 0.1) is 12.5 Å². The second-order valence-electron chi connectivity index (χ2n) is 7.52. The van der Waals surface area contributed by atoms with Gasteiger partial charge in [0.15, 0.2) is 0 Å². The zero-order chi connectivity index (χ0) is 21.1. The van der Waals surface area contributed by atoms with Crippen LogP contribution in [0.15, 0.2) is 47.0 Å². The molecule has 1 unspecified atom stereocenters. The summed E-state index contributed by atoms with van der Waals surface area (Å²) in [6.45, 7) is 5.06. The van der Waals surface area contributed by atoms with Gasteiger partial charge in [0.2, 0.25) is 17.6 Å². The molecule has 4 rings (SSSR count). The predicted octanol–water partition coefficient (Wildman–Crippen LogP) is 4.88. The van der Waals surface area contributed by atoms with Crippen LogP contribution in [0.3, 0.4) is 0 Å². The van der Waals surface area contributed by atoms with Gasteiger partial charge in [-0.2, -0.15) is 4.98 Å². The minimum absolute atomic E-state index is 0.0815. The van der Waals surface area contributed by atoms with Crippen LogP contribution in [0.4, 0.5) is 10.1 Å². The van der Waals surface area contributed by atoms with Crippen LogP contribution >= 0.6 is 0 Å². The fourth-order valence-electron chi connectivity index (χ4n) is 3.53. The fraction of sp³-hybridized carbons (Fsp3) is 0.348. The number of aryl methyl sites for hydroxylation is 1. The largest absolute Gasteiger partial charge is 0.494 e. The van der Waals surface area contributed by atoms with Gasteiger partial charge in [-0.1, -0.05) is 24.6 Å². The first-order chi connectivity index (χ1) is 14.5. The third-order valence-corrected chi connectivity index (χ3v) is 5.26. The molecule has 0 spiro atoms. The molecule has 0 saturated carbocycles. The number of amides is 1. The van der Waals surface area contributed by atoms with Crippen LogP contribution < -0.4 is 9.64 Å². The lowest BCUT2D eigenvalue weighted by Crippen LogP contribution is -2.25. The molecule has 1 aliphatic rings. The summed E-state index contributed by atoms with van der Waals surface area (Å²) in [5.74, 6) is 1.02. The molecule has 30 heavy (non-hydrogen) atoms. The Balaban J connectivity index is 1.46. The van der Waals surface area contributed by atoms with E-state index in [1.54, 1.807) is 11.0 Å². The minimum atomic E-state index is -0.367. The van der Waals surface area contributed by atoms with Crippen molar-refractivity contribution >= 4 is 11.6 Å². The van der Waals surface area contributed by atoms with Crippen molar-refractivity contribution in [1.82, 2.24) is 10.1 Å². The lowest BCUT2D eigenvalue weighted by atomic mass is 10.1. The first-order valence-electron chi connectivity index (χ1n) is 10.2. The van der Waals surface area contributed by atoms with Crippen molar-refractivity contribution in [3.63, 3.8) is 0 Å². The van der Waals surface area contributed by atoms with E-state index >= 15 is 0 Å². The smallest absolute Gasteiger partial charge is 0.232 e. The molecule has 0 N–H and O–H groups in total. The Hall–Kier alpha value is -3.22. The van der Waals surface area contributed by atoms with Gasteiger partial charge in [0.25, 0.3) is 0 Å². The Morgan fingerprint density at radius 3 is 2.80 bits per heavy atom. The van der Waals surface area contributed by atoms with E-state index in [-0.39, 0.29) is 24.1 Å². The topological polar surface area (TPSA) is 68.5 Å². The summed E-state index contributed by atoms with van der Waals surface area (Å²) in [5, 5.41) is 4.07. The number of carbonyl (C=O) groups excluding carboxylic acids is 1. The van der Waals surface area contributed by atoms with Gasteiger partial charge in [0.1, 0.15) is 11.6 Å². The first-order valence-corrected chi connectivity index (χ1v) is 10.2. The number of nitrogens with zero attached hydrogens (tertiary/aromatic N) is 3. The average molecular weight is 409 g/mol. The zero-order valence-corrected chi connectivity index (χ0v) is 17.1. The van der Waals surface area contributed by atoms with E-state index in [9.17, 15) is 9.18 Å². The number of unbranched alkanes of at least 4 members (excludes halogenated alkanes) is 1. The van der Waals surface area contributed by atoms with Gasteiger partial charge < -0.3 is 14.2 Å². The molecule has 0 bridgehead atoms. The second kappa shape index (κ2) is 8.65. The Morgan fingerprint density at radius 2 is 2.03 bits per heavy atom. The molecular weight excluding hydrogens is 385 g/mol. The summed E-state index contributed by atoms with van der Waals surface area (Å²) in [6.07, 6.45) is 2.35. The number of ether oxygens (including phenoxy) is 1. The SMILES string of the molecule is CCCCOc1ccc(-c2noc(C3CC(=O)N(c4cc(F)ccc4C)C3)n2)cc1. The van der Waals surface area contributed by atoms with Crippen LogP contribution in [0.5, 0.6) is 5.75 Å². The molecule has 1 aliphatic heterocycles. The highest BCUT2D eigenvalue weighted by molar-refractivity contribution is 5.97. The third-order valence-electron chi connectivity index (χ3n) is 5.26. The molecule has 0 aliphatic carbocycles. The summed E-state index contributed by atoms with van der Waals surface area (Å²) in [6, 6.07) is 12.0. The van der Waals surface area contributed by atoms with Crippen LogP contribution in [0.25, 0.3) is 11.4 Å². The van der Waals surface area contributed by atoms with E-state index in [4.69, 9.17) is 9.26 Å². The van der Waals surface area contributed by atoms with Crippen LogP contribution in [-0.2, 0) is 4.79 Å². The Morgan fingerprint density at radius 1 is 1.23 bits per heavy atom. The van der Waals surface area contributed by atoms with E-state index in [2.05, 4.69) is 17.1 Å². The number of hydrogen-bond acceptors (Lipinski definition) is 5. The van der Waals surface area contributed by atoms with Crippen LogP contribution in [0.1, 0.15) is 43.6 Å². The van der Waals surface area contributed by atoms with Crippen molar-refractivity contribution in [2.45, 2.75) is 39.0 Å². The van der Waals surface area contributed by atoms with Crippen molar-refractivity contribution in [2.24, 2.45) is 0 Å². The maximum Gasteiger partial charge on any atom is 0.232 e. The molecule has 6 nitrogen and oxygen atoms in total. The standard InChI is InChI=1S/C23H24FN3O3/c1-3-4-11-29-19-9-6-16(7-10-19)22-25-23(30-26-22)17-12-21(28)27(14-17)20-13-18(24)8-5-15(20)2/h5-10,13,17H,3-4,11-12,14H2,1-2H3. The maximum atomic E-state index is 13.7. The molecule has 2 aromatic carbocycles. The Bertz CT molecular complexity index is 1030. The molecule has 1 aromatic heterocycles. The molecule has 1 fully saturated rings. The van der Waals surface area contributed by atoms with Crippen LogP contribution in [0.2, 0.25) is 0 Å². The second-order valence-corrected chi connectivity index (χ2v) is 7.52. The van der Waals surface area contributed by atoms with E-state index in [1.807, 2.05) is 31.2 Å². The summed E-state index contributed by atoms with van der Waals surface area (Å²) in [4.78, 5) is 18.6. The van der Waals surface area contributed by atoms with E-state index < -0.39 is 0 Å². The molecule has 1 amide bonds. The third kappa shape index (κ3) is 4.20. The van der Waals surface area contributed by atoms with Crippen molar-refractivity contribution < 1.29 is 18.4 Å². The van der Waals surface area contributed by atoms with Gasteiger partial charge >= 0.3 is 0 Å². The average Bonchev–Trinajstić information content (AvgIpc) is 3.38. The summed E-state index contributed by atoms with van der Waals surface area (Å²) >= 11 is 0. The van der Waals surface area contributed by atoms with Gasteiger partial charge in [-0.05, 0) is 55.3 Å². The maximum absolute atomic E-state index is 13.7. The van der Waals surface area contributed by atoms with Crippen molar-refractivity contribution in [1.29, 1.82) is 0 Å². The Kier molecular flexibility index (Phi) is 5.79. The van der Waals surface area contributed by atoms with E-state index in [0.29, 0.717) is 30.6 Å². The van der Waals surface area contributed by atoms with Crippen molar-refractivity contribution in [3.8, 4) is 17.1 Å². The van der Waals surface area contributed by atoms with Gasteiger partial charge in [0, 0.05) is 24.2 Å². The lowest BCUT2D eigenvalue weighted by Gasteiger charge is -2.18. The summed E-state index contributed by atoms with van der Waals surface area (Å²) in [7, 11) is 0. The minimum Gasteiger partial charge on any atom is -0.494 e. The monoisotopic (exact) mass is 409 g/mol. The number of halogens is 1. The molecule has 2 heterocycles. The zero-order valence-electron chi connectivity index (χ0n) is 17.1. The highest BCUT2D eigenvalue weighted by Crippen LogP contribution is 2.34. The van der Waals surface area contributed by atoms with Gasteiger partial charge in [-0.15, -0.1) is 0 Å². The molecular formula is C23H24FN3O3. The molecule has 7 heteroatoms. The molecule has 3 aromatic rings. The molecule has 1 atom stereocenters. The molecule has 1 saturated heterocycles. The van der Waals surface area contributed by atoms with Crippen LogP contribution in [0, 0.1) is 12.7 Å². The predicted molar refractivity (Wildman–Crippen MR) is 111 cm³/mol. The van der Waals surface area contributed by atoms with Crippen molar-refractivity contribution in [2.75, 3.05) is 18.1 Å². The quantitative estimate of drug-likeness (QED) is 0.520. The lowest BCUT2D eigenvalue weighted by molar-refractivity contribution is -0.117. The number of carbonyl (C=O) groups is 1. The van der Waals surface area contributed by atoms with Crippen LogP contribution in [-0.4, -0.2) is 29.2 Å². The van der Waals surface area contributed by atoms with Crippen molar-refractivity contribution in [3.05, 3.63) is 59.7 Å².